The lowest BCUT2D eigenvalue weighted by atomic mass is 9.93. The lowest BCUT2D eigenvalue weighted by Crippen LogP contribution is -2.37. The molecule has 3 heterocycles. The van der Waals surface area contributed by atoms with E-state index in [1.54, 1.807) is 12.4 Å². The number of rotatable bonds is 5. The van der Waals surface area contributed by atoms with E-state index in [1.807, 2.05) is 19.1 Å². The number of anilines is 1. The van der Waals surface area contributed by atoms with E-state index >= 15 is 0 Å². The van der Waals surface area contributed by atoms with Crippen molar-refractivity contribution < 1.29 is 4.79 Å². The van der Waals surface area contributed by atoms with Crippen LogP contribution in [0, 0.1) is 19.8 Å². The number of nitrogens with two attached hydrogens (primary N) is 1. The molecule has 0 spiro atoms. The first-order chi connectivity index (χ1) is 12.0. The van der Waals surface area contributed by atoms with Gasteiger partial charge in [0.2, 0.25) is 5.91 Å². The molecule has 0 saturated carbocycles. The summed E-state index contributed by atoms with van der Waals surface area (Å²) in [6, 6.07) is 3.88. The van der Waals surface area contributed by atoms with Gasteiger partial charge < -0.3 is 10.6 Å². The van der Waals surface area contributed by atoms with Crippen molar-refractivity contribution in [2.75, 3.05) is 18.0 Å². The highest BCUT2D eigenvalue weighted by Gasteiger charge is 2.23. The van der Waals surface area contributed by atoms with Crippen LogP contribution in [0.3, 0.4) is 0 Å². The fourth-order valence-corrected chi connectivity index (χ4v) is 3.39. The molecule has 1 saturated heterocycles. The molecule has 0 aromatic carbocycles. The molecule has 2 N–H and O–H groups in total. The Balaban J connectivity index is 1.85. The van der Waals surface area contributed by atoms with Crippen LogP contribution in [0.25, 0.3) is 11.4 Å². The molecule has 3 rings (SSSR count). The Morgan fingerprint density at radius 1 is 1.36 bits per heavy atom. The van der Waals surface area contributed by atoms with Crippen molar-refractivity contribution in [2.45, 2.75) is 39.5 Å². The molecule has 1 atom stereocenters. The number of piperidine rings is 1. The van der Waals surface area contributed by atoms with Gasteiger partial charge in [-0.1, -0.05) is 0 Å². The van der Waals surface area contributed by atoms with E-state index < -0.39 is 0 Å². The molecular weight excluding hydrogens is 314 g/mol. The van der Waals surface area contributed by atoms with Gasteiger partial charge >= 0.3 is 0 Å². The molecule has 6 nitrogen and oxygen atoms in total. The lowest BCUT2D eigenvalue weighted by molar-refractivity contribution is -0.118. The summed E-state index contributed by atoms with van der Waals surface area (Å²) in [5, 5.41) is 0. The van der Waals surface area contributed by atoms with Gasteiger partial charge in [0.25, 0.3) is 0 Å². The number of primary amides is 1. The maximum atomic E-state index is 11.1. The summed E-state index contributed by atoms with van der Waals surface area (Å²) in [5.41, 5.74) is 8.33. The fraction of sp³-hybridized carbons (Fsp3) is 0.474. The number of aryl methyl sites for hydroxylation is 1. The topological polar surface area (TPSA) is 85.0 Å². The van der Waals surface area contributed by atoms with Crippen molar-refractivity contribution in [2.24, 2.45) is 11.7 Å². The molecule has 6 heteroatoms. The Kier molecular flexibility index (Phi) is 5.26. The Morgan fingerprint density at radius 3 is 2.92 bits per heavy atom. The van der Waals surface area contributed by atoms with E-state index in [2.05, 4.69) is 21.8 Å². The number of nitrogens with zero attached hydrogens (tertiary/aromatic N) is 4. The molecular formula is C19H25N5O. The first-order valence-corrected chi connectivity index (χ1v) is 8.83. The average molecular weight is 339 g/mol. The summed E-state index contributed by atoms with van der Waals surface area (Å²) in [7, 11) is 0. The summed E-state index contributed by atoms with van der Waals surface area (Å²) >= 11 is 0. The molecule has 0 unspecified atom stereocenters. The Labute approximate surface area is 148 Å². The van der Waals surface area contributed by atoms with Crippen molar-refractivity contribution in [1.29, 1.82) is 0 Å². The maximum absolute atomic E-state index is 11.1. The van der Waals surface area contributed by atoms with Crippen LogP contribution < -0.4 is 10.6 Å². The van der Waals surface area contributed by atoms with Gasteiger partial charge in [-0.25, -0.2) is 9.97 Å². The summed E-state index contributed by atoms with van der Waals surface area (Å²) in [4.78, 5) is 27.1. The van der Waals surface area contributed by atoms with Crippen molar-refractivity contribution in [3.8, 4) is 11.4 Å². The van der Waals surface area contributed by atoms with E-state index in [1.165, 1.54) is 0 Å². The van der Waals surface area contributed by atoms with Crippen molar-refractivity contribution >= 4 is 11.7 Å². The van der Waals surface area contributed by atoms with Crippen molar-refractivity contribution in [3.05, 3.63) is 35.8 Å². The Hall–Kier alpha value is -2.50. The molecule has 1 fully saturated rings. The van der Waals surface area contributed by atoms with Gasteiger partial charge in [-0.2, -0.15) is 0 Å². The van der Waals surface area contributed by atoms with E-state index in [-0.39, 0.29) is 5.91 Å². The van der Waals surface area contributed by atoms with Crippen molar-refractivity contribution in [1.82, 2.24) is 15.0 Å². The summed E-state index contributed by atoms with van der Waals surface area (Å²) in [6.07, 6.45) is 7.10. The van der Waals surface area contributed by atoms with E-state index in [0.717, 1.165) is 55.0 Å². The zero-order valence-electron chi connectivity index (χ0n) is 14.9. The predicted octanol–water partition coefficient (Wildman–Crippen LogP) is 2.64. The Bertz CT molecular complexity index is 747. The summed E-state index contributed by atoms with van der Waals surface area (Å²) in [5.74, 6) is 1.98. The highest BCUT2D eigenvalue weighted by Crippen LogP contribution is 2.29. The predicted molar refractivity (Wildman–Crippen MR) is 98.1 cm³/mol. The van der Waals surface area contributed by atoms with E-state index in [4.69, 9.17) is 10.7 Å². The fourth-order valence-electron chi connectivity index (χ4n) is 3.39. The standard InChI is InChI=1S/C19H25N5O/c1-13-14(2)22-18(16-6-3-9-21-11-16)23-19(13)24-10-4-5-15(12-24)7-8-17(20)25/h3,6,9,11,15H,4-5,7-8,10,12H2,1-2H3,(H2,20,25)/t15-/m1/s1. The smallest absolute Gasteiger partial charge is 0.217 e. The van der Waals surface area contributed by atoms with Crippen LogP contribution >= 0.6 is 0 Å². The number of aromatic nitrogens is 3. The maximum Gasteiger partial charge on any atom is 0.217 e. The molecule has 25 heavy (non-hydrogen) atoms. The second kappa shape index (κ2) is 7.59. The van der Waals surface area contributed by atoms with E-state index in [9.17, 15) is 4.79 Å². The summed E-state index contributed by atoms with van der Waals surface area (Å²) in [6.45, 7) is 5.99. The van der Waals surface area contributed by atoms with Gasteiger partial charge in [0.1, 0.15) is 5.82 Å². The number of carbonyl (C=O) groups is 1. The minimum atomic E-state index is -0.218. The number of pyridine rings is 1. The third-order valence-electron chi connectivity index (χ3n) is 4.90. The third kappa shape index (κ3) is 4.13. The molecule has 0 radical (unpaired) electrons. The van der Waals surface area contributed by atoms with Crippen LogP contribution in [0.15, 0.2) is 24.5 Å². The molecule has 132 valence electrons. The number of amides is 1. The van der Waals surface area contributed by atoms with Crippen LogP contribution in [-0.4, -0.2) is 33.9 Å². The van der Waals surface area contributed by atoms with Crippen molar-refractivity contribution in [3.63, 3.8) is 0 Å². The van der Waals surface area contributed by atoms with Gasteiger partial charge in [0, 0.05) is 48.7 Å². The van der Waals surface area contributed by atoms with Gasteiger partial charge in [0.05, 0.1) is 0 Å². The third-order valence-corrected chi connectivity index (χ3v) is 4.90. The molecule has 1 aliphatic rings. The molecule has 2 aromatic rings. The quantitative estimate of drug-likeness (QED) is 0.905. The zero-order chi connectivity index (χ0) is 17.8. The lowest BCUT2D eigenvalue weighted by Gasteiger charge is -2.34. The van der Waals surface area contributed by atoms with Crippen LogP contribution in [0.1, 0.15) is 36.9 Å². The minimum Gasteiger partial charge on any atom is -0.370 e. The van der Waals surface area contributed by atoms with Crippen LogP contribution in [-0.2, 0) is 4.79 Å². The van der Waals surface area contributed by atoms with E-state index in [0.29, 0.717) is 18.2 Å². The van der Waals surface area contributed by atoms with Gasteiger partial charge in [-0.05, 0) is 51.2 Å². The number of carbonyl (C=O) groups excluding carboxylic acids is 1. The minimum absolute atomic E-state index is 0.218. The first-order valence-electron chi connectivity index (χ1n) is 8.83. The van der Waals surface area contributed by atoms with Gasteiger partial charge in [-0.15, -0.1) is 0 Å². The van der Waals surface area contributed by atoms with Gasteiger partial charge in [-0.3, -0.25) is 9.78 Å². The van der Waals surface area contributed by atoms with Crippen LogP contribution in [0.2, 0.25) is 0 Å². The zero-order valence-corrected chi connectivity index (χ0v) is 14.9. The molecule has 0 aliphatic carbocycles. The highest BCUT2D eigenvalue weighted by atomic mass is 16.1. The normalized spacial score (nSPS) is 17.5. The highest BCUT2D eigenvalue weighted by molar-refractivity contribution is 5.73. The molecule has 1 amide bonds. The Morgan fingerprint density at radius 2 is 2.20 bits per heavy atom. The SMILES string of the molecule is Cc1nc(-c2cccnc2)nc(N2CCC[C@H](CCC(N)=O)C2)c1C. The second-order valence-electron chi connectivity index (χ2n) is 6.78. The molecule has 0 bridgehead atoms. The largest absolute Gasteiger partial charge is 0.370 e. The second-order valence-corrected chi connectivity index (χ2v) is 6.78. The summed E-state index contributed by atoms with van der Waals surface area (Å²) < 4.78 is 0. The number of hydrogen-bond acceptors (Lipinski definition) is 5. The van der Waals surface area contributed by atoms with Gasteiger partial charge in [0.15, 0.2) is 5.82 Å². The van der Waals surface area contributed by atoms with Crippen LogP contribution in [0.4, 0.5) is 5.82 Å². The molecule has 2 aromatic heterocycles. The monoisotopic (exact) mass is 339 g/mol. The number of hydrogen-bond donors (Lipinski definition) is 1. The average Bonchev–Trinajstić information content (AvgIpc) is 2.63. The van der Waals surface area contributed by atoms with Crippen LogP contribution in [0.5, 0.6) is 0 Å². The molecule has 1 aliphatic heterocycles. The first kappa shape index (κ1) is 17.3.